The highest BCUT2D eigenvalue weighted by molar-refractivity contribution is 5.89. The number of hydrogen-bond donors (Lipinski definition) is 2. The Bertz CT molecular complexity index is 1480. The monoisotopic (exact) mass is 540 g/mol. The summed E-state index contributed by atoms with van der Waals surface area (Å²) in [5.41, 5.74) is 3.99. The van der Waals surface area contributed by atoms with Gasteiger partial charge < -0.3 is 29.6 Å². The van der Waals surface area contributed by atoms with Crippen LogP contribution in [0.5, 0.6) is 17.2 Å². The molecule has 0 aliphatic carbocycles. The second-order valence-corrected chi connectivity index (χ2v) is 9.23. The first-order valence-electron chi connectivity index (χ1n) is 13.1. The summed E-state index contributed by atoms with van der Waals surface area (Å²) in [6.45, 7) is 5.39. The van der Waals surface area contributed by atoms with Crippen LogP contribution < -0.4 is 24.8 Å². The van der Waals surface area contributed by atoms with Crippen molar-refractivity contribution in [2.75, 3.05) is 64.2 Å². The third-order valence-corrected chi connectivity index (χ3v) is 6.66. The standard InChI is InChI=1S/C30H32N6O4/c1-37-23-6-3-21(4-7-23)20-40-27-10-5-22(17-28(27)38-2)34-25-8-9-26-30(24(25)18-31)35-29(19-33-26)32-11-12-36-13-15-39-16-14-36/h3-10,17,19,34H,11-16,20H2,1-2H3,(H,32,35). The first-order chi connectivity index (χ1) is 19.7. The summed E-state index contributed by atoms with van der Waals surface area (Å²) in [7, 11) is 3.24. The zero-order valence-electron chi connectivity index (χ0n) is 22.6. The molecular formula is C30H32N6O4. The van der Waals surface area contributed by atoms with Crippen molar-refractivity contribution in [2.24, 2.45) is 0 Å². The molecule has 1 saturated heterocycles. The number of rotatable bonds is 11. The summed E-state index contributed by atoms with van der Waals surface area (Å²) in [4.78, 5) is 11.6. The summed E-state index contributed by atoms with van der Waals surface area (Å²) in [6, 6.07) is 19.3. The van der Waals surface area contributed by atoms with Crippen molar-refractivity contribution in [2.45, 2.75) is 6.61 Å². The Morgan fingerprint density at radius 3 is 2.58 bits per heavy atom. The molecule has 10 nitrogen and oxygen atoms in total. The summed E-state index contributed by atoms with van der Waals surface area (Å²) < 4.78 is 22.2. The molecule has 5 rings (SSSR count). The van der Waals surface area contributed by atoms with Gasteiger partial charge in [-0.15, -0.1) is 0 Å². The molecule has 0 spiro atoms. The van der Waals surface area contributed by atoms with Gasteiger partial charge in [0.1, 0.15) is 35.3 Å². The van der Waals surface area contributed by atoms with Crippen LogP contribution in [-0.2, 0) is 11.3 Å². The second-order valence-electron chi connectivity index (χ2n) is 9.23. The summed E-state index contributed by atoms with van der Waals surface area (Å²) >= 11 is 0. The molecule has 1 aliphatic heterocycles. The number of hydrogen-bond acceptors (Lipinski definition) is 10. The van der Waals surface area contributed by atoms with E-state index in [-0.39, 0.29) is 0 Å². The van der Waals surface area contributed by atoms with Crippen LogP contribution in [0, 0.1) is 11.3 Å². The number of nitrogens with zero attached hydrogens (tertiary/aromatic N) is 4. The van der Waals surface area contributed by atoms with E-state index in [4.69, 9.17) is 23.9 Å². The maximum atomic E-state index is 10.0. The van der Waals surface area contributed by atoms with Gasteiger partial charge in [0, 0.05) is 37.9 Å². The van der Waals surface area contributed by atoms with Gasteiger partial charge in [-0.1, -0.05) is 12.1 Å². The predicted octanol–water partition coefficient (Wildman–Crippen LogP) is 4.59. The Labute approximate surface area is 233 Å². The molecule has 1 fully saturated rings. The van der Waals surface area contributed by atoms with E-state index in [1.165, 1.54) is 0 Å². The maximum absolute atomic E-state index is 10.0. The summed E-state index contributed by atoms with van der Waals surface area (Å²) in [5.74, 6) is 2.62. The van der Waals surface area contributed by atoms with Gasteiger partial charge in [0.05, 0.1) is 44.8 Å². The molecule has 2 N–H and O–H groups in total. The van der Waals surface area contributed by atoms with Crippen molar-refractivity contribution in [1.29, 1.82) is 5.26 Å². The summed E-state index contributed by atoms with van der Waals surface area (Å²) in [6.07, 6.45) is 1.70. The number of benzene rings is 3. The van der Waals surface area contributed by atoms with E-state index in [0.29, 0.717) is 46.2 Å². The number of aromatic nitrogens is 2. The van der Waals surface area contributed by atoms with Gasteiger partial charge >= 0.3 is 0 Å². The molecule has 1 aromatic heterocycles. The lowest BCUT2D eigenvalue weighted by molar-refractivity contribution is 0.0398. The highest BCUT2D eigenvalue weighted by atomic mass is 16.5. The molecule has 0 radical (unpaired) electrons. The number of nitrogens with one attached hydrogen (secondary N) is 2. The van der Waals surface area contributed by atoms with Gasteiger partial charge in [0.25, 0.3) is 0 Å². The first-order valence-corrected chi connectivity index (χ1v) is 13.1. The minimum atomic E-state index is 0.387. The van der Waals surface area contributed by atoms with E-state index >= 15 is 0 Å². The predicted molar refractivity (Wildman–Crippen MR) is 154 cm³/mol. The quantitative estimate of drug-likeness (QED) is 0.280. The molecule has 3 aromatic carbocycles. The maximum Gasteiger partial charge on any atom is 0.162 e. The third kappa shape index (κ3) is 6.51. The fraction of sp³-hybridized carbons (Fsp3) is 0.300. The van der Waals surface area contributed by atoms with E-state index < -0.39 is 0 Å². The molecule has 1 aliphatic rings. The van der Waals surface area contributed by atoms with Gasteiger partial charge in [-0.2, -0.15) is 5.26 Å². The van der Waals surface area contributed by atoms with Gasteiger partial charge in [-0.25, -0.2) is 4.98 Å². The zero-order chi connectivity index (χ0) is 27.7. The number of fused-ring (bicyclic) bond motifs is 1. The van der Waals surface area contributed by atoms with E-state index in [2.05, 4.69) is 26.6 Å². The minimum absolute atomic E-state index is 0.387. The van der Waals surface area contributed by atoms with Crippen LogP contribution in [0.1, 0.15) is 11.1 Å². The van der Waals surface area contributed by atoms with Crippen LogP contribution in [0.4, 0.5) is 17.2 Å². The molecule has 0 atom stereocenters. The third-order valence-electron chi connectivity index (χ3n) is 6.66. The lowest BCUT2D eigenvalue weighted by Crippen LogP contribution is -2.39. The molecule has 0 saturated carbocycles. The Kier molecular flexibility index (Phi) is 8.76. The van der Waals surface area contributed by atoms with Crippen LogP contribution in [0.15, 0.2) is 60.8 Å². The van der Waals surface area contributed by atoms with Crippen molar-refractivity contribution < 1.29 is 18.9 Å². The zero-order valence-corrected chi connectivity index (χ0v) is 22.6. The molecule has 10 heteroatoms. The lowest BCUT2D eigenvalue weighted by atomic mass is 10.1. The molecule has 4 aromatic rings. The van der Waals surface area contributed by atoms with Crippen molar-refractivity contribution >= 4 is 28.2 Å². The van der Waals surface area contributed by atoms with Gasteiger partial charge in [-0.05, 0) is 42.0 Å². The van der Waals surface area contributed by atoms with E-state index in [1.807, 2.05) is 54.6 Å². The van der Waals surface area contributed by atoms with Crippen molar-refractivity contribution in [3.05, 3.63) is 71.9 Å². The van der Waals surface area contributed by atoms with Crippen molar-refractivity contribution in [3.8, 4) is 23.3 Å². The lowest BCUT2D eigenvalue weighted by Gasteiger charge is -2.26. The molecular weight excluding hydrogens is 508 g/mol. The van der Waals surface area contributed by atoms with Gasteiger partial charge in [0.15, 0.2) is 11.5 Å². The Hall–Kier alpha value is -4.59. The smallest absolute Gasteiger partial charge is 0.162 e. The van der Waals surface area contributed by atoms with Crippen LogP contribution in [-0.4, -0.2) is 68.5 Å². The average molecular weight is 541 g/mol. The van der Waals surface area contributed by atoms with E-state index in [9.17, 15) is 5.26 Å². The second kappa shape index (κ2) is 13.0. The molecule has 2 heterocycles. The largest absolute Gasteiger partial charge is 0.497 e. The first kappa shape index (κ1) is 27.0. The van der Waals surface area contributed by atoms with E-state index in [1.54, 1.807) is 20.4 Å². The van der Waals surface area contributed by atoms with Crippen LogP contribution in [0.2, 0.25) is 0 Å². The Morgan fingerprint density at radius 1 is 1.00 bits per heavy atom. The number of morpholine rings is 1. The molecule has 0 unspecified atom stereocenters. The minimum Gasteiger partial charge on any atom is -0.497 e. The van der Waals surface area contributed by atoms with Crippen LogP contribution >= 0.6 is 0 Å². The van der Waals surface area contributed by atoms with Gasteiger partial charge in [0.2, 0.25) is 0 Å². The normalized spacial score (nSPS) is 13.4. The SMILES string of the molecule is COc1ccc(COc2ccc(Nc3ccc4ncc(NCCN5CCOCC5)nc4c3C#N)cc2OC)cc1. The van der Waals surface area contributed by atoms with Crippen LogP contribution in [0.3, 0.4) is 0 Å². The highest BCUT2D eigenvalue weighted by Gasteiger charge is 2.14. The topological polar surface area (TPSA) is 114 Å². The number of nitriles is 1. The van der Waals surface area contributed by atoms with Crippen LogP contribution in [0.25, 0.3) is 11.0 Å². The Morgan fingerprint density at radius 2 is 1.82 bits per heavy atom. The number of methoxy groups -OCH3 is 2. The van der Waals surface area contributed by atoms with Crippen molar-refractivity contribution in [1.82, 2.24) is 14.9 Å². The molecule has 0 bridgehead atoms. The summed E-state index contributed by atoms with van der Waals surface area (Å²) in [5, 5.41) is 16.7. The number of anilines is 3. The molecule has 40 heavy (non-hydrogen) atoms. The molecule has 0 amide bonds. The highest BCUT2D eigenvalue weighted by Crippen LogP contribution is 2.34. The number of ether oxygens (including phenoxy) is 4. The molecule has 206 valence electrons. The van der Waals surface area contributed by atoms with E-state index in [0.717, 1.165) is 56.4 Å². The fourth-order valence-electron chi connectivity index (χ4n) is 4.45. The van der Waals surface area contributed by atoms with Crippen molar-refractivity contribution in [3.63, 3.8) is 0 Å². The Balaban J connectivity index is 1.29. The van der Waals surface area contributed by atoms with Gasteiger partial charge in [-0.3, -0.25) is 9.88 Å². The fourth-order valence-corrected chi connectivity index (χ4v) is 4.45. The average Bonchev–Trinajstić information content (AvgIpc) is 3.01.